The fourth-order valence-electron chi connectivity index (χ4n) is 1.79. The normalized spacial score (nSPS) is 11.6. The summed E-state index contributed by atoms with van der Waals surface area (Å²) in [7, 11) is 0. The molecule has 2 aromatic heterocycles. The second kappa shape index (κ2) is 4.03. The van der Waals surface area contributed by atoms with Crippen molar-refractivity contribution in [3.05, 3.63) is 24.3 Å². The predicted octanol–water partition coefficient (Wildman–Crippen LogP) is 3.27. The molecule has 0 spiro atoms. The van der Waals surface area contributed by atoms with Crippen LogP contribution in [0.4, 0.5) is 0 Å². The molecule has 0 bridgehead atoms. The van der Waals surface area contributed by atoms with E-state index in [2.05, 4.69) is 22.4 Å². The third-order valence-corrected chi connectivity index (χ3v) is 3.98. The summed E-state index contributed by atoms with van der Waals surface area (Å²) in [5.74, 6) is 0.659. The largest absolute Gasteiger partial charge is 0.234 e. The fourth-order valence-corrected chi connectivity index (χ4v) is 3.02. The maximum atomic E-state index is 5.69. The summed E-state index contributed by atoms with van der Waals surface area (Å²) >= 11 is 7.43. The van der Waals surface area contributed by atoms with Gasteiger partial charge in [-0.3, -0.25) is 0 Å². The quantitative estimate of drug-likeness (QED) is 0.669. The Morgan fingerprint density at radius 1 is 1.31 bits per heavy atom. The van der Waals surface area contributed by atoms with E-state index in [9.17, 15) is 0 Å². The topological polar surface area (TPSA) is 30.7 Å². The monoisotopic (exact) mass is 251 g/mol. The molecule has 0 saturated heterocycles. The molecule has 0 fully saturated rings. The van der Waals surface area contributed by atoms with Crippen LogP contribution in [0.5, 0.6) is 0 Å². The molecule has 0 radical (unpaired) electrons. The SMILES string of the molecule is ClCCCn1nnc2c3ccccc3sc21. The number of rotatable bonds is 3. The summed E-state index contributed by atoms with van der Waals surface area (Å²) in [6, 6.07) is 8.29. The highest BCUT2D eigenvalue weighted by atomic mass is 35.5. The Hall–Kier alpha value is -1.13. The number of thiophene rings is 1. The second-order valence-corrected chi connectivity index (χ2v) is 5.02. The Labute approximate surface area is 102 Å². The number of aryl methyl sites for hydroxylation is 1. The van der Waals surface area contributed by atoms with E-state index in [1.165, 1.54) is 10.1 Å². The number of nitrogens with zero attached hydrogens (tertiary/aromatic N) is 3. The molecule has 3 rings (SSSR count). The molecule has 5 heteroatoms. The summed E-state index contributed by atoms with van der Waals surface area (Å²) < 4.78 is 3.21. The fraction of sp³-hybridized carbons (Fsp3) is 0.273. The number of alkyl halides is 1. The van der Waals surface area contributed by atoms with Gasteiger partial charge in [0.15, 0.2) is 0 Å². The van der Waals surface area contributed by atoms with Crippen molar-refractivity contribution in [2.45, 2.75) is 13.0 Å². The number of hydrogen-bond donors (Lipinski definition) is 0. The van der Waals surface area contributed by atoms with Gasteiger partial charge >= 0.3 is 0 Å². The summed E-state index contributed by atoms with van der Waals surface area (Å²) in [6.45, 7) is 0.840. The minimum atomic E-state index is 0.659. The van der Waals surface area contributed by atoms with Gasteiger partial charge in [-0.15, -0.1) is 28.0 Å². The lowest BCUT2D eigenvalue weighted by molar-refractivity contribution is 0.600. The number of hydrogen-bond acceptors (Lipinski definition) is 3. The van der Waals surface area contributed by atoms with Crippen molar-refractivity contribution in [1.82, 2.24) is 15.0 Å². The van der Waals surface area contributed by atoms with Crippen molar-refractivity contribution < 1.29 is 0 Å². The third kappa shape index (κ3) is 1.49. The molecule has 0 aliphatic heterocycles. The highest BCUT2D eigenvalue weighted by Crippen LogP contribution is 2.31. The van der Waals surface area contributed by atoms with Crippen molar-refractivity contribution in [2.24, 2.45) is 0 Å². The average Bonchev–Trinajstić information content (AvgIpc) is 2.85. The molecule has 3 nitrogen and oxygen atoms in total. The summed E-state index contributed by atoms with van der Waals surface area (Å²) in [4.78, 5) is 1.14. The number of benzene rings is 1. The van der Waals surface area contributed by atoms with Gasteiger partial charge in [0.1, 0.15) is 10.3 Å². The van der Waals surface area contributed by atoms with Gasteiger partial charge in [0.25, 0.3) is 0 Å². The third-order valence-electron chi connectivity index (χ3n) is 2.54. The zero-order chi connectivity index (χ0) is 11.0. The van der Waals surface area contributed by atoms with Crippen LogP contribution >= 0.6 is 22.9 Å². The highest BCUT2D eigenvalue weighted by molar-refractivity contribution is 7.25. The van der Waals surface area contributed by atoms with Crippen LogP contribution in [0, 0.1) is 0 Å². The lowest BCUT2D eigenvalue weighted by atomic mass is 10.2. The number of fused-ring (bicyclic) bond motifs is 3. The minimum absolute atomic E-state index is 0.659. The Balaban J connectivity index is 2.18. The van der Waals surface area contributed by atoms with Crippen LogP contribution in [-0.2, 0) is 6.54 Å². The number of aromatic nitrogens is 3. The van der Waals surface area contributed by atoms with Crippen molar-refractivity contribution in [3.8, 4) is 0 Å². The van der Waals surface area contributed by atoms with Gasteiger partial charge in [-0.2, -0.15) is 0 Å². The first-order valence-corrected chi connectivity index (χ1v) is 6.52. The van der Waals surface area contributed by atoms with Gasteiger partial charge in [-0.25, -0.2) is 4.68 Å². The van der Waals surface area contributed by atoms with Gasteiger partial charge in [0.05, 0.1) is 0 Å². The van der Waals surface area contributed by atoms with Crippen LogP contribution < -0.4 is 0 Å². The van der Waals surface area contributed by atoms with E-state index < -0.39 is 0 Å². The molecule has 0 unspecified atom stereocenters. The summed E-state index contributed by atoms with van der Waals surface area (Å²) in [5, 5.41) is 9.60. The Kier molecular flexibility index (Phi) is 2.53. The zero-order valence-electron chi connectivity index (χ0n) is 8.56. The van der Waals surface area contributed by atoms with Crippen LogP contribution in [0.3, 0.4) is 0 Å². The predicted molar refractivity (Wildman–Crippen MR) is 68.2 cm³/mol. The van der Waals surface area contributed by atoms with E-state index in [1.54, 1.807) is 11.3 Å². The Morgan fingerprint density at radius 3 is 3.06 bits per heavy atom. The Morgan fingerprint density at radius 2 is 2.19 bits per heavy atom. The van der Waals surface area contributed by atoms with Crippen LogP contribution in [0.15, 0.2) is 24.3 Å². The van der Waals surface area contributed by atoms with Gasteiger partial charge in [-0.05, 0) is 12.5 Å². The maximum Gasteiger partial charge on any atom is 0.143 e. The molecule has 16 heavy (non-hydrogen) atoms. The smallest absolute Gasteiger partial charge is 0.143 e. The highest BCUT2D eigenvalue weighted by Gasteiger charge is 2.11. The summed E-state index contributed by atoms with van der Waals surface area (Å²) in [6.07, 6.45) is 0.925. The van der Waals surface area contributed by atoms with Crippen molar-refractivity contribution in [1.29, 1.82) is 0 Å². The molecule has 1 aromatic carbocycles. The molecule has 3 aromatic rings. The summed E-state index contributed by atoms with van der Waals surface area (Å²) in [5.41, 5.74) is 1.01. The maximum absolute atomic E-state index is 5.69. The van der Waals surface area contributed by atoms with Gasteiger partial charge in [0.2, 0.25) is 0 Å². The van der Waals surface area contributed by atoms with Crippen LogP contribution in [0.1, 0.15) is 6.42 Å². The Bertz CT molecular complexity index is 628. The molecule has 0 saturated carbocycles. The first-order chi connectivity index (χ1) is 7.90. The molecule has 0 amide bonds. The van der Waals surface area contributed by atoms with E-state index in [0.29, 0.717) is 5.88 Å². The standard InChI is InChI=1S/C11H10ClN3S/c12-6-3-7-15-11-10(13-14-15)8-4-1-2-5-9(8)16-11/h1-2,4-5H,3,6-7H2. The van der Waals surface area contributed by atoms with E-state index >= 15 is 0 Å². The second-order valence-electron chi connectivity index (χ2n) is 3.61. The first kappa shape index (κ1) is 10.1. The van der Waals surface area contributed by atoms with Crippen molar-refractivity contribution in [2.75, 3.05) is 5.88 Å². The van der Waals surface area contributed by atoms with Gasteiger partial charge in [-0.1, -0.05) is 23.4 Å². The molecule has 0 aliphatic rings. The molecule has 0 N–H and O–H groups in total. The van der Waals surface area contributed by atoms with Crippen LogP contribution in [0.25, 0.3) is 20.4 Å². The molecular formula is C11H10ClN3S. The molecule has 0 aliphatic carbocycles. The van der Waals surface area contributed by atoms with E-state index in [4.69, 9.17) is 11.6 Å². The molecule has 82 valence electrons. The van der Waals surface area contributed by atoms with E-state index in [-0.39, 0.29) is 0 Å². The lowest BCUT2D eigenvalue weighted by Gasteiger charge is -1.96. The molecule has 2 heterocycles. The average molecular weight is 252 g/mol. The molecule has 0 atom stereocenters. The van der Waals surface area contributed by atoms with Crippen LogP contribution in [-0.4, -0.2) is 20.9 Å². The number of halogens is 1. The van der Waals surface area contributed by atoms with Gasteiger partial charge < -0.3 is 0 Å². The van der Waals surface area contributed by atoms with E-state index in [0.717, 1.165) is 23.3 Å². The van der Waals surface area contributed by atoms with E-state index in [1.807, 2.05) is 16.8 Å². The molecular weight excluding hydrogens is 242 g/mol. The first-order valence-electron chi connectivity index (χ1n) is 5.17. The van der Waals surface area contributed by atoms with Gasteiger partial charge in [0, 0.05) is 22.5 Å². The zero-order valence-corrected chi connectivity index (χ0v) is 10.1. The van der Waals surface area contributed by atoms with Crippen molar-refractivity contribution in [3.63, 3.8) is 0 Å². The van der Waals surface area contributed by atoms with Crippen molar-refractivity contribution >= 4 is 43.4 Å². The van der Waals surface area contributed by atoms with Crippen LogP contribution in [0.2, 0.25) is 0 Å². The minimum Gasteiger partial charge on any atom is -0.234 e. The lowest BCUT2D eigenvalue weighted by Crippen LogP contribution is -1.99.